The average Bonchev–Trinajstić information content (AvgIpc) is 2.32. The number of rotatable bonds is 0. The van der Waals surface area contributed by atoms with Gasteiger partial charge in [-0.05, 0) is 37.5 Å². The van der Waals surface area contributed by atoms with Gasteiger partial charge in [0.15, 0.2) is 0 Å². The summed E-state index contributed by atoms with van der Waals surface area (Å²) in [5.41, 5.74) is 2.86. The normalized spacial score (nSPS) is 21.6. The number of aryl methyl sites for hydroxylation is 1. The minimum Gasteiger partial charge on any atom is -0.370 e. The van der Waals surface area contributed by atoms with Crippen LogP contribution in [0.15, 0.2) is 18.2 Å². The maximum Gasteiger partial charge on any atom is 0.250 e. The lowest BCUT2D eigenvalue weighted by Gasteiger charge is -2.41. The zero-order valence-corrected chi connectivity index (χ0v) is 10.2. The molecular formula is C14H18N2O. The van der Waals surface area contributed by atoms with Crippen LogP contribution in [0.3, 0.4) is 0 Å². The zero-order valence-electron chi connectivity index (χ0n) is 10.2. The van der Waals surface area contributed by atoms with E-state index in [2.05, 4.69) is 23.6 Å². The van der Waals surface area contributed by atoms with Crippen LogP contribution in [-0.2, 0) is 4.79 Å². The Hall–Kier alpha value is -1.51. The third-order valence-corrected chi connectivity index (χ3v) is 3.94. The Morgan fingerprint density at radius 1 is 1.12 bits per heavy atom. The molecule has 1 aliphatic heterocycles. The monoisotopic (exact) mass is 230 g/mol. The highest BCUT2D eigenvalue weighted by Gasteiger charge is 2.42. The summed E-state index contributed by atoms with van der Waals surface area (Å²) in [5.74, 6) is 0.147. The lowest BCUT2D eigenvalue weighted by molar-refractivity contribution is -0.121. The molecule has 0 radical (unpaired) electrons. The number of benzene rings is 1. The quantitative estimate of drug-likeness (QED) is 0.719. The minimum atomic E-state index is -0.348. The van der Waals surface area contributed by atoms with Crippen molar-refractivity contribution in [2.45, 2.75) is 44.6 Å². The number of amides is 1. The van der Waals surface area contributed by atoms with Crippen molar-refractivity contribution >= 4 is 17.3 Å². The van der Waals surface area contributed by atoms with Gasteiger partial charge in [0.05, 0.1) is 11.4 Å². The number of fused-ring (bicyclic) bond motifs is 1. The molecule has 2 N–H and O–H groups in total. The van der Waals surface area contributed by atoms with Crippen LogP contribution < -0.4 is 10.6 Å². The Balaban J connectivity index is 1.98. The highest BCUT2D eigenvalue weighted by molar-refractivity contribution is 6.06. The minimum absolute atomic E-state index is 0.147. The maximum atomic E-state index is 12.2. The van der Waals surface area contributed by atoms with Crippen molar-refractivity contribution in [1.82, 2.24) is 0 Å². The molecule has 0 atom stereocenters. The maximum absolute atomic E-state index is 12.2. The Kier molecular flexibility index (Phi) is 2.35. The molecule has 0 bridgehead atoms. The standard InChI is InChI=1S/C14H18N2O/c1-10-5-6-11-12(9-10)16-14(13(17)15-11)7-3-2-4-8-14/h5-6,9,16H,2-4,7-8H2,1H3,(H,15,17). The summed E-state index contributed by atoms with van der Waals surface area (Å²) in [7, 11) is 0. The van der Waals surface area contributed by atoms with Crippen LogP contribution in [0, 0.1) is 6.92 Å². The molecule has 3 rings (SSSR count). The molecule has 1 aliphatic carbocycles. The molecule has 1 saturated carbocycles. The third-order valence-electron chi connectivity index (χ3n) is 3.94. The molecule has 3 nitrogen and oxygen atoms in total. The second-order valence-corrected chi connectivity index (χ2v) is 5.27. The van der Waals surface area contributed by atoms with Crippen LogP contribution in [0.4, 0.5) is 11.4 Å². The average molecular weight is 230 g/mol. The van der Waals surface area contributed by atoms with E-state index in [4.69, 9.17) is 0 Å². The number of carbonyl (C=O) groups is 1. The number of hydrogen-bond acceptors (Lipinski definition) is 2. The van der Waals surface area contributed by atoms with Crippen molar-refractivity contribution in [2.75, 3.05) is 10.6 Å². The van der Waals surface area contributed by atoms with E-state index in [0.29, 0.717) is 0 Å². The van der Waals surface area contributed by atoms with Gasteiger partial charge in [0.25, 0.3) is 0 Å². The molecule has 0 saturated heterocycles. The first kappa shape index (κ1) is 10.6. The van der Waals surface area contributed by atoms with Crippen LogP contribution >= 0.6 is 0 Å². The molecule has 1 spiro atoms. The summed E-state index contributed by atoms with van der Waals surface area (Å²) in [5, 5.41) is 6.54. The van der Waals surface area contributed by atoms with E-state index in [1.807, 2.05) is 12.1 Å². The van der Waals surface area contributed by atoms with E-state index < -0.39 is 0 Å². The van der Waals surface area contributed by atoms with E-state index in [-0.39, 0.29) is 11.4 Å². The molecule has 90 valence electrons. The molecule has 1 aromatic rings. The first-order valence-electron chi connectivity index (χ1n) is 6.40. The highest BCUT2D eigenvalue weighted by Crippen LogP contribution is 2.39. The Labute approximate surface area is 102 Å². The molecule has 17 heavy (non-hydrogen) atoms. The van der Waals surface area contributed by atoms with E-state index in [1.165, 1.54) is 12.0 Å². The fourth-order valence-electron chi connectivity index (χ4n) is 2.93. The largest absolute Gasteiger partial charge is 0.370 e. The number of carbonyl (C=O) groups excluding carboxylic acids is 1. The summed E-state index contributed by atoms with van der Waals surface area (Å²) >= 11 is 0. The SMILES string of the molecule is Cc1ccc2c(c1)NC1(CCCCC1)C(=O)N2. The molecular weight excluding hydrogens is 212 g/mol. The molecule has 0 unspecified atom stereocenters. The summed E-state index contributed by atoms with van der Waals surface area (Å²) in [6.07, 6.45) is 5.43. The number of nitrogens with one attached hydrogen (secondary N) is 2. The second-order valence-electron chi connectivity index (χ2n) is 5.27. The van der Waals surface area contributed by atoms with Gasteiger partial charge >= 0.3 is 0 Å². The Morgan fingerprint density at radius 2 is 1.88 bits per heavy atom. The van der Waals surface area contributed by atoms with Crippen LogP contribution in [0.2, 0.25) is 0 Å². The highest BCUT2D eigenvalue weighted by atomic mass is 16.2. The molecule has 1 fully saturated rings. The predicted molar refractivity (Wildman–Crippen MR) is 69.2 cm³/mol. The van der Waals surface area contributed by atoms with Gasteiger partial charge < -0.3 is 10.6 Å². The van der Waals surface area contributed by atoms with Crippen molar-refractivity contribution in [3.63, 3.8) is 0 Å². The van der Waals surface area contributed by atoms with E-state index in [9.17, 15) is 4.79 Å². The lowest BCUT2D eigenvalue weighted by Crippen LogP contribution is -2.53. The van der Waals surface area contributed by atoms with E-state index >= 15 is 0 Å². The van der Waals surface area contributed by atoms with Gasteiger partial charge in [-0.3, -0.25) is 4.79 Å². The number of anilines is 2. The first-order valence-corrected chi connectivity index (χ1v) is 6.40. The molecule has 0 aromatic heterocycles. The predicted octanol–water partition coefficient (Wildman–Crippen LogP) is 3.06. The Morgan fingerprint density at radius 3 is 2.65 bits per heavy atom. The second kappa shape index (κ2) is 3.76. The summed E-state index contributed by atoms with van der Waals surface area (Å²) in [6.45, 7) is 2.08. The molecule has 1 heterocycles. The van der Waals surface area contributed by atoms with E-state index in [1.54, 1.807) is 0 Å². The summed E-state index contributed by atoms with van der Waals surface area (Å²) in [6, 6.07) is 6.12. The third kappa shape index (κ3) is 1.70. The molecule has 3 heteroatoms. The zero-order chi connectivity index (χ0) is 11.9. The van der Waals surface area contributed by atoms with Crippen molar-refractivity contribution in [3.05, 3.63) is 23.8 Å². The van der Waals surface area contributed by atoms with Gasteiger partial charge in [0.2, 0.25) is 5.91 Å². The number of hydrogen-bond donors (Lipinski definition) is 2. The van der Waals surface area contributed by atoms with Gasteiger partial charge in [-0.15, -0.1) is 0 Å². The van der Waals surface area contributed by atoms with Gasteiger partial charge in [0, 0.05) is 0 Å². The topological polar surface area (TPSA) is 41.1 Å². The van der Waals surface area contributed by atoms with E-state index in [0.717, 1.165) is 37.1 Å². The van der Waals surface area contributed by atoms with Crippen molar-refractivity contribution < 1.29 is 4.79 Å². The molecule has 1 aromatic carbocycles. The van der Waals surface area contributed by atoms with Gasteiger partial charge in [0.1, 0.15) is 5.54 Å². The van der Waals surface area contributed by atoms with Crippen LogP contribution in [-0.4, -0.2) is 11.4 Å². The Bertz CT molecular complexity index is 461. The van der Waals surface area contributed by atoms with Gasteiger partial charge in [-0.1, -0.05) is 25.3 Å². The van der Waals surface area contributed by atoms with Crippen molar-refractivity contribution in [1.29, 1.82) is 0 Å². The van der Waals surface area contributed by atoms with Gasteiger partial charge in [-0.2, -0.15) is 0 Å². The van der Waals surface area contributed by atoms with Crippen LogP contribution in [0.25, 0.3) is 0 Å². The van der Waals surface area contributed by atoms with Crippen LogP contribution in [0.1, 0.15) is 37.7 Å². The fourth-order valence-corrected chi connectivity index (χ4v) is 2.93. The van der Waals surface area contributed by atoms with Gasteiger partial charge in [-0.25, -0.2) is 0 Å². The van der Waals surface area contributed by atoms with Crippen molar-refractivity contribution in [2.24, 2.45) is 0 Å². The van der Waals surface area contributed by atoms with Crippen LogP contribution in [0.5, 0.6) is 0 Å². The summed E-state index contributed by atoms with van der Waals surface area (Å²) in [4.78, 5) is 12.2. The molecule has 2 aliphatic rings. The smallest absolute Gasteiger partial charge is 0.250 e. The first-order chi connectivity index (χ1) is 8.20. The fraction of sp³-hybridized carbons (Fsp3) is 0.500. The molecule has 1 amide bonds. The van der Waals surface area contributed by atoms with Crippen molar-refractivity contribution in [3.8, 4) is 0 Å². The lowest BCUT2D eigenvalue weighted by atomic mass is 9.79. The summed E-state index contributed by atoms with van der Waals surface area (Å²) < 4.78 is 0.